The summed E-state index contributed by atoms with van der Waals surface area (Å²) in [6.45, 7) is 10.2. The first-order chi connectivity index (χ1) is 10.5. The minimum absolute atomic E-state index is 0.00340. The number of hydrogen-bond acceptors (Lipinski definition) is 2. The normalized spacial score (nSPS) is 21.6. The molecule has 1 saturated heterocycles. The van der Waals surface area contributed by atoms with Crippen LogP contribution in [-0.4, -0.2) is 18.8 Å². The van der Waals surface area contributed by atoms with E-state index in [-0.39, 0.29) is 5.60 Å². The molecule has 2 unspecified atom stereocenters. The maximum Gasteiger partial charge on any atom is 0.118 e. The van der Waals surface area contributed by atoms with E-state index in [1.54, 1.807) is 7.11 Å². The molecule has 2 atom stereocenters. The van der Waals surface area contributed by atoms with E-state index in [4.69, 9.17) is 9.47 Å². The van der Waals surface area contributed by atoms with Crippen molar-refractivity contribution < 1.29 is 9.47 Å². The van der Waals surface area contributed by atoms with Crippen LogP contribution in [0.3, 0.4) is 0 Å². The van der Waals surface area contributed by atoms with E-state index in [2.05, 4.69) is 57.7 Å². The molecule has 0 N–H and O–H groups in total. The Morgan fingerprint density at radius 3 is 2.50 bits per heavy atom. The Hall–Kier alpha value is -1.80. The molecule has 22 heavy (non-hydrogen) atoms. The quantitative estimate of drug-likeness (QED) is 0.520. The molecule has 0 amide bonds. The summed E-state index contributed by atoms with van der Waals surface area (Å²) >= 11 is 0. The summed E-state index contributed by atoms with van der Waals surface area (Å²) in [6.07, 6.45) is 9.80. The molecule has 1 fully saturated rings. The van der Waals surface area contributed by atoms with Crippen molar-refractivity contribution >= 4 is 6.08 Å². The number of rotatable bonds is 7. The lowest BCUT2D eigenvalue weighted by atomic mass is 9.92. The van der Waals surface area contributed by atoms with Gasteiger partial charge in [-0.25, -0.2) is 0 Å². The number of allylic oxidation sites excluding steroid dienone is 3. The topological polar surface area (TPSA) is 21.8 Å². The second-order valence-corrected chi connectivity index (χ2v) is 6.33. The molecule has 2 nitrogen and oxygen atoms in total. The van der Waals surface area contributed by atoms with Gasteiger partial charge in [0.1, 0.15) is 5.75 Å². The Morgan fingerprint density at radius 2 is 2.00 bits per heavy atom. The van der Waals surface area contributed by atoms with Crippen molar-refractivity contribution in [2.45, 2.75) is 38.9 Å². The molecule has 1 aromatic rings. The van der Waals surface area contributed by atoms with Gasteiger partial charge in [-0.3, -0.25) is 0 Å². The molecule has 1 heterocycles. The molecule has 2 heteroatoms. The van der Waals surface area contributed by atoms with E-state index in [1.807, 2.05) is 18.2 Å². The Morgan fingerprint density at radius 1 is 1.36 bits per heavy atom. The monoisotopic (exact) mass is 298 g/mol. The van der Waals surface area contributed by atoms with Gasteiger partial charge in [0.25, 0.3) is 0 Å². The van der Waals surface area contributed by atoms with E-state index < -0.39 is 0 Å². The third-order valence-electron chi connectivity index (χ3n) is 4.08. The standard InChI is InChI=1S/C20H26O2/c1-6-15(2)14-17(19-20(3,4)22-19)9-7-8-16-10-12-18(21-5)13-11-16/h6-8,10-14,17,19H,1,9H2,2-5H3/b8-7-,15-14-. The average molecular weight is 298 g/mol. The lowest BCUT2D eigenvalue weighted by Crippen LogP contribution is -2.13. The highest BCUT2D eigenvalue weighted by atomic mass is 16.6. The van der Waals surface area contributed by atoms with Crippen molar-refractivity contribution in [1.29, 1.82) is 0 Å². The van der Waals surface area contributed by atoms with Crippen LogP contribution in [0.15, 0.2) is 54.6 Å². The largest absolute Gasteiger partial charge is 0.497 e. The molecule has 0 radical (unpaired) electrons. The van der Waals surface area contributed by atoms with Gasteiger partial charge in [-0.2, -0.15) is 0 Å². The Labute approximate surface area is 134 Å². The average Bonchev–Trinajstić information content (AvgIpc) is 3.15. The fraction of sp³-hybridized carbons (Fsp3) is 0.400. The van der Waals surface area contributed by atoms with Gasteiger partial charge in [0.15, 0.2) is 0 Å². The van der Waals surface area contributed by atoms with E-state index >= 15 is 0 Å². The van der Waals surface area contributed by atoms with Crippen LogP contribution in [0.25, 0.3) is 6.08 Å². The number of epoxide rings is 1. The maximum atomic E-state index is 5.82. The molecule has 1 aliphatic rings. The molecule has 0 spiro atoms. The minimum Gasteiger partial charge on any atom is -0.497 e. The number of benzene rings is 1. The molecule has 0 bridgehead atoms. The lowest BCUT2D eigenvalue weighted by Gasteiger charge is -2.09. The smallest absolute Gasteiger partial charge is 0.118 e. The number of hydrogen-bond donors (Lipinski definition) is 0. The van der Waals surface area contributed by atoms with Gasteiger partial charge < -0.3 is 9.47 Å². The summed E-state index contributed by atoms with van der Waals surface area (Å²) in [7, 11) is 1.68. The number of methoxy groups -OCH3 is 1. The first-order valence-corrected chi connectivity index (χ1v) is 7.75. The molecule has 0 aliphatic carbocycles. The summed E-state index contributed by atoms with van der Waals surface area (Å²) in [5, 5.41) is 0. The molecule has 1 aromatic carbocycles. The fourth-order valence-electron chi connectivity index (χ4n) is 2.66. The van der Waals surface area contributed by atoms with Crippen LogP contribution in [0.4, 0.5) is 0 Å². The van der Waals surface area contributed by atoms with E-state index in [9.17, 15) is 0 Å². The van der Waals surface area contributed by atoms with Crippen molar-refractivity contribution in [3.63, 3.8) is 0 Å². The third-order valence-corrected chi connectivity index (χ3v) is 4.08. The van der Waals surface area contributed by atoms with Crippen LogP contribution in [0.2, 0.25) is 0 Å². The van der Waals surface area contributed by atoms with Crippen LogP contribution >= 0.6 is 0 Å². The molecule has 118 valence electrons. The van der Waals surface area contributed by atoms with Gasteiger partial charge >= 0.3 is 0 Å². The zero-order valence-corrected chi connectivity index (χ0v) is 14.0. The third kappa shape index (κ3) is 4.35. The van der Waals surface area contributed by atoms with Crippen LogP contribution in [0.1, 0.15) is 32.8 Å². The molecule has 0 saturated carbocycles. The van der Waals surface area contributed by atoms with Gasteiger partial charge in [-0.05, 0) is 44.9 Å². The first kappa shape index (κ1) is 16.6. The van der Waals surface area contributed by atoms with Gasteiger partial charge in [-0.15, -0.1) is 0 Å². The van der Waals surface area contributed by atoms with Crippen LogP contribution in [0, 0.1) is 5.92 Å². The molecular formula is C20H26O2. The molecule has 1 aliphatic heterocycles. The predicted octanol–water partition coefficient (Wildman–Crippen LogP) is 5.02. The van der Waals surface area contributed by atoms with Crippen LogP contribution < -0.4 is 4.74 Å². The highest BCUT2D eigenvalue weighted by Crippen LogP contribution is 2.43. The summed E-state index contributed by atoms with van der Waals surface area (Å²) in [4.78, 5) is 0. The highest BCUT2D eigenvalue weighted by Gasteiger charge is 2.51. The molecule has 0 aromatic heterocycles. The summed E-state index contributed by atoms with van der Waals surface area (Å²) < 4.78 is 11.0. The van der Waals surface area contributed by atoms with Gasteiger partial charge in [0, 0.05) is 5.92 Å². The molecule has 2 rings (SSSR count). The van der Waals surface area contributed by atoms with E-state index in [0.29, 0.717) is 12.0 Å². The zero-order valence-electron chi connectivity index (χ0n) is 14.0. The Balaban J connectivity index is 2.01. The van der Waals surface area contributed by atoms with Crippen molar-refractivity contribution in [2.75, 3.05) is 7.11 Å². The Kier molecular flexibility index (Phi) is 5.25. The van der Waals surface area contributed by atoms with Crippen molar-refractivity contribution in [2.24, 2.45) is 5.92 Å². The second kappa shape index (κ2) is 6.97. The highest BCUT2D eigenvalue weighted by molar-refractivity contribution is 5.50. The summed E-state index contributed by atoms with van der Waals surface area (Å²) in [6, 6.07) is 8.08. The lowest BCUT2D eigenvalue weighted by molar-refractivity contribution is 0.307. The van der Waals surface area contributed by atoms with E-state index in [1.165, 1.54) is 11.1 Å². The van der Waals surface area contributed by atoms with Crippen molar-refractivity contribution in [3.05, 3.63) is 60.2 Å². The zero-order chi connectivity index (χ0) is 16.2. The van der Waals surface area contributed by atoms with Crippen molar-refractivity contribution in [1.82, 2.24) is 0 Å². The minimum atomic E-state index is -0.00340. The van der Waals surface area contributed by atoms with E-state index in [0.717, 1.165) is 12.2 Å². The van der Waals surface area contributed by atoms with Crippen LogP contribution in [-0.2, 0) is 4.74 Å². The Bertz CT molecular complexity index is 564. The SMILES string of the molecule is C=C/C(C)=C\C(C/C=C\c1ccc(OC)cc1)C1OC1(C)C. The fourth-order valence-corrected chi connectivity index (χ4v) is 2.66. The van der Waals surface area contributed by atoms with Gasteiger partial charge in [0.05, 0.1) is 18.8 Å². The summed E-state index contributed by atoms with van der Waals surface area (Å²) in [5.41, 5.74) is 2.38. The number of ether oxygens (including phenoxy) is 2. The van der Waals surface area contributed by atoms with Gasteiger partial charge in [-0.1, -0.05) is 48.6 Å². The second-order valence-electron chi connectivity index (χ2n) is 6.33. The maximum absolute atomic E-state index is 5.82. The summed E-state index contributed by atoms with van der Waals surface area (Å²) in [5.74, 6) is 1.27. The molecular weight excluding hydrogens is 272 g/mol. The van der Waals surface area contributed by atoms with Crippen LogP contribution in [0.5, 0.6) is 5.75 Å². The predicted molar refractivity (Wildman–Crippen MR) is 93.0 cm³/mol. The van der Waals surface area contributed by atoms with Crippen molar-refractivity contribution in [3.8, 4) is 5.75 Å². The van der Waals surface area contributed by atoms with Gasteiger partial charge in [0.2, 0.25) is 0 Å². The first-order valence-electron chi connectivity index (χ1n) is 7.75.